The first kappa shape index (κ1) is 20.3. The van der Waals surface area contributed by atoms with E-state index in [1.807, 2.05) is 36.4 Å². The Kier molecular flexibility index (Phi) is 6.01. The molecule has 0 aliphatic carbocycles. The summed E-state index contributed by atoms with van der Waals surface area (Å²) in [5.74, 6) is -0.593. The van der Waals surface area contributed by atoms with Gasteiger partial charge in [-0.2, -0.15) is 5.26 Å². The summed E-state index contributed by atoms with van der Waals surface area (Å²) in [4.78, 5) is 21.4. The summed E-state index contributed by atoms with van der Waals surface area (Å²) in [6.45, 7) is 1.04. The molecule has 4 rings (SSSR count). The monoisotopic (exact) mass is 411 g/mol. The van der Waals surface area contributed by atoms with Gasteiger partial charge in [0, 0.05) is 29.2 Å². The fourth-order valence-corrected chi connectivity index (χ4v) is 3.34. The highest BCUT2D eigenvalue weighted by atomic mass is 16.5. The van der Waals surface area contributed by atoms with Gasteiger partial charge in [0.25, 0.3) is 5.91 Å². The predicted molar refractivity (Wildman–Crippen MR) is 118 cm³/mol. The van der Waals surface area contributed by atoms with Crippen LogP contribution in [0.2, 0.25) is 0 Å². The minimum absolute atomic E-state index is 0.235. The number of nitrogens with two attached hydrogens (primary N) is 1. The molecule has 0 fully saturated rings. The Labute approximate surface area is 180 Å². The predicted octanol–water partition coefficient (Wildman–Crippen LogP) is 3.48. The van der Waals surface area contributed by atoms with Crippen LogP contribution in [0.15, 0.2) is 65.8 Å². The van der Waals surface area contributed by atoms with Gasteiger partial charge in [-0.15, -0.1) is 0 Å². The second-order valence-electron chi connectivity index (χ2n) is 7.19. The number of ether oxygens (including phenoxy) is 1. The topological polar surface area (TPSA) is 113 Å². The molecule has 7 nitrogen and oxygen atoms in total. The number of aromatic nitrogens is 1. The number of hydrogen-bond donors (Lipinski definition) is 2. The molecule has 1 atom stereocenters. The van der Waals surface area contributed by atoms with Crippen LogP contribution in [0.3, 0.4) is 0 Å². The Morgan fingerprint density at radius 1 is 1.29 bits per heavy atom. The van der Waals surface area contributed by atoms with Crippen LogP contribution in [0.1, 0.15) is 38.7 Å². The van der Waals surface area contributed by atoms with Crippen LogP contribution in [-0.2, 0) is 17.9 Å². The maximum absolute atomic E-state index is 12.6. The van der Waals surface area contributed by atoms with Gasteiger partial charge in [0.1, 0.15) is 0 Å². The van der Waals surface area contributed by atoms with Gasteiger partial charge in [-0.25, -0.2) is 0 Å². The first-order chi connectivity index (χ1) is 15.1. The Bertz CT molecular complexity index is 1170. The van der Waals surface area contributed by atoms with E-state index in [1.165, 1.54) is 0 Å². The number of rotatable bonds is 5. The van der Waals surface area contributed by atoms with E-state index < -0.39 is 0 Å². The minimum atomic E-state index is -0.358. The number of hydrogen-bond acceptors (Lipinski definition) is 6. The molecule has 0 radical (unpaired) electrons. The smallest absolute Gasteiger partial charge is 0.251 e. The summed E-state index contributed by atoms with van der Waals surface area (Å²) in [5, 5.41) is 12.2. The summed E-state index contributed by atoms with van der Waals surface area (Å²) in [6, 6.07) is 18.9. The van der Waals surface area contributed by atoms with Crippen LogP contribution in [0.5, 0.6) is 0 Å². The SMILES string of the molecule is N#CC1COCc2ccc(C(=O)NCc3cc(N)c(C=Nc4ccccc4)cn3)cc21. The van der Waals surface area contributed by atoms with Crippen molar-refractivity contribution in [1.29, 1.82) is 5.26 Å². The van der Waals surface area contributed by atoms with Gasteiger partial charge in [0.2, 0.25) is 0 Å². The summed E-state index contributed by atoms with van der Waals surface area (Å²) >= 11 is 0. The third-order valence-corrected chi connectivity index (χ3v) is 5.05. The fourth-order valence-electron chi connectivity index (χ4n) is 3.34. The number of benzene rings is 2. The molecule has 1 aliphatic rings. The van der Waals surface area contributed by atoms with Crippen molar-refractivity contribution in [2.75, 3.05) is 12.3 Å². The molecule has 7 heteroatoms. The lowest BCUT2D eigenvalue weighted by atomic mass is 9.92. The average Bonchev–Trinajstić information content (AvgIpc) is 2.81. The highest BCUT2D eigenvalue weighted by Gasteiger charge is 2.22. The zero-order valence-electron chi connectivity index (χ0n) is 16.8. The van der Waals surface area contributed by atoms with Crippen molar-refractivity contribution in [3.8, 4) is 6.07 Å². The third-order valence-electron chi connectivity index (χ3n) is 5.05. The van der Waals surface area contributed by atoms with Crippen molar-refractivity contribution in [1.82, 2.24) is 10.3 Å². The molecule has 0 bridgehead atoms. The second kappa shape index (κ2) is 9.20. The van der Waals surface area contributed by atoms with Crippen molar-refractivity contribution < 1.29 is 9.53 Å². The molecule has 2 aromatic carbocycles. The van der Waals surface area contributed by atoms with E-state index in [4.69, 9.17) is 10.5 Å². The van der Waals surface area contributed by atoms with Gasteiger partial charge in [0.15, 0.2) is 0 Å². The number of fused-ring (bicyclic) bond motifs is 1. The minimum Gasteiger partial charge on any atom is -0.398 e. The van der Waals surface area contributed by atoms with E-state index >= 15 is 0 Å². The number of nitrogens with one attached hydrogen (secondary N) is 1. The molecule has 1 amide bonds. The molecule has 0 saturated heterocycles. The van der Waals surface area contributed by atoms with Crippen molar-refractivity contribution in [2.24, 2.45) is 4.99 Å². The van der Waals surface area contributed by atoms with Gasteiger partial charge >= 0.3 is 0 Å². The van der Waals surface area contributed by atoms with Crippen LogP contribution in [0.4, 0.5) is 11.4 Å². The van der Waals surface area contributed by atoms with Crippen molar-refractivity contribution in [3.05, 3.63) is 88.7 Å². The summed E-state index contributed by atoms with van der Waals surface area (Å²) in [6.07, 6.45) is 3.31. The van der Waals surface area contributed by atoms with Gasteiger partial charge < -0.3 is 15.8 Å². The number of carbonyl (C=O) groups excluding carboxylic acids is 1. The van der Waals surface area contributed by atoms with Crippen LogP contribution >= 0.6 is 0 Å². The standard InChI is InChI=1S/C24H21N5O2/c25-10-18-15-31-14-17-7-6-16(8-22(17)18)24(30)29-13-21-9-23(26)19(12-28-21)11-27-20-4-2-1-3-5-20/h1-9,11-12,18H,13-15H2,(H2,26,28)(H,29,30). The van der Waals surface area contributed by atoms with E-state index in [0.717, 1.165) is 16.8 Å². The molecule has 3 aromatic rings. The average molecular weight is 411 g/mol. The van der Waals surface area contributed by atoms with Gasteiger partial charge in [0.05, 0.1) is 43.1 Å². The molecule has 2 heterocycles. The third kappa shape index (κ3) is 4.77. The van der Waals surface area contributed by atoms with E-state index in [1.54, 1.807) is 30.6 Å². The summed E-state index contributed by atoms with van der Waals surface area (Å²) < 4.78 is 5.42. The Morgan fingerprint density at radius 2 is 2.13 bits per heavy atom. The van der Waals surface area contributed by atoms with Crippen LogP contribution in [0.25, 0.3) is 0 Å². The zero-order valence-corrected chi connectivity index (χ0v) is 16.8. The lowest BCUT2D eigenvalue weighted by Gasteiger charge is -2.21. The Balaban J connectivity index is 1.41. The summed E-state index contributed by atoms with van der Waals surface area (Å²) in [5.41, 5.74) is 11.1. The number of amides is 1. The second-order valence-corrected chi connectivity index (χ2v) is 7.19. The number of para-hydroxylation sites is 1. The first-order valence-electron chi connectivity index (χ1n) is 9.86. The number of carbonyl (C=O) groups is 1. The molecule has 1 unspecified atom stereocenters. The first-order valence-corrected chi connectivity index (χ1v) is 9.86. The van der Waals surface area contributed by atoms with E-state index in [-0.39, 0.29) is 18.4 Å². The maximum Gasteiger partial charge on any atom is 0.251 e. The van der Waals surface area contributed by atoms with Crippen LogP contribution in [-0.4, -0.2) is 23.7 Å². The van der Waals surface area contributed by atoms with Gasteiger partial charge in [-0.05, 0) is 41.5 Å². The number of nitriles is 1. The maximum atomic E-state index is 12.6. The molecular formula is C24H21N5O2. The highest BCUT2D eigenvalue weighted by molar-refractivity contribution is 5.94. The summed E-state index contributed by atoms with van der Waals surface area (Å²) in [7, 11) is 0. The number of nitrogens with zero attached hydrogens (tertiary/aromatic N) is 3. The van der Waals surface area contributed by atoms with Crippen molar-refractivity contribution >= 4 is 23.5 Å². The normalized spacial score (nSPS) is 15.3. The zero-order chi connectivity index (χ0) is 21.6. The van der Waals surface area contributed by atoms with Crippen LogP contribution < -0.4 is 11.1 Å². The van der Waals surface area contributed by atoms with Gasteiger partial charge in [-0.1, -0.05) is 24.3 Å². The van der Waals surface area contributed by atoms with Gasteiger partial charge in [-0.3, -0.25) is 14.8 Å². The van der Waals surface area contributed by atoms with Crippen molar-refractivity contribution in [2.45, 2.75) is 19.1 Å². The lowest BCUT2D eigenvalue weighted by molar-refractivity contribution is 0.0945. The largest absolute Gasteiger partial charge is 0.398 e. The Morgan fingerprint density at radius 3 is 2.90 bits per heavy atom. The molecule has 31 heavy (non-hydrogen) atoms. The molecule has 1 aromatic heterocycles. The number of anilines is 1. The molecule has 3 N–H and O–H groups in total. The van der Waals surface area contributed by atoms with E-state index in [2.05, 4.69) is 21.4 Å². The lowest BCUT2D eigenvalue weighted by Crippen LogP contribution is -2.24. The molecule has 0 saturated carbocycles. The fraction of sp³-hybridized carbons (Fsp3) is 0.167. The van der Waals surface area contributed by atoms with Crippen LogP contribution in [0, 0.1) is 11.3 Å². The molecule has 0 spiro atoms. The number of aliphatic imine (C=N–C) groups is 1. The Hall–Kier alpha value is -4.02. The highest BCUT2D eigenvalue weighted by Crippen LogP contribution is 2.27. The quantitative estimate of drug-likeness (QED) is 0.624. The molecule has 1 aliphatic heterocycles. The van der Waals surface area contributed by atoms with E-state index in [0.29, 0.717) is 35.7 Å². The molecule has 154 valence electrons. The molecular weight excluding hydrogens is 390 g/mol. The number of nitrogen functional groups attached to an aromatic ring is 1. The van der Waals surface area contributed by atoms with Crippen molar-refractivity contribution in [3.63, 3.8) is 0 Å². The van der Waals surface area contributed by atoms with E-state index in [9.17, 15) is 10.1 Å². The number of pyridine rings is 1.